The van der Waals surface area contributed by atoms with Crippen molar-refractivity contribution in [1.29, 1.82) is 0 Å². The summed E-state index contributed by atoms with van der Waals surface area (Å²) >= 11 is 0. The van der Waals surface area contributed by atoms with Gasteiger partial charge >= 0.3 is 0 Å². The van der Waals surface area contributed by atoms with Gasteiger partial charge in [0.15, 0.2) is 0 Å². The molecule has 0 aliphatic carbocycles. The number of nitrogens with zero attached hydrogens (tertiary/aromatic N) is 4. The molecule has 0 bridgehead atoms. The first kappa shape index (κ1) is 27.7. The summed E-state index contributed by atoms with van der Waals surface area (Å²) in [6.07, 6.45) is 0. The zero-order valence-electron chi connectivity index (χ0n) is 26.1. The maximum Gasteiger partial charge on any atom is 0.145 e. The van der Waals surface area contributed by atoms with Crippen LogP contribution in [0.3, 0.4) is 0 Å². The van der Waals surface area contributed by atoms with Crippen molar-refractivity contribution in [3.63, 3.8) is 0 Å². The second-order valence-electron chi connectivity index (χ2n) is 11.9. The van der Waals surface area contributed by atoms with Gasteiger partial charge in [-0.25, -0.2) is 15.0 Å². The molecule has 4 heteroatoms. The maximum atomic E-state index is 5.17. The molecule has 6 aromatic carbocycles. The Morgan fingerprint density at radius 3 is 1.57 bits per heavy atom. The normalized spacial score (nSPS) is 11.4. The van der Waals surface area contributed by atoms with Crippen LogP contribution in [0.4, 0.5) is 0 Å². The van der Waals surface area contributed by atoms with Crippen LogP contribution in [0.15, 0.2) is 140 Å². The van der Waals surface area contributed by atoms with E-state index in [1.165, 1.54) is 16.7 Å². The molecule has 2 heterocycles. The van der Waals surface area contributed by atoms with E-state index < -0.39 is 0 Å². The highest BCUT2D eigenvalue weighted by atomic mass is 15.1. The average Bonchev–Trinajstić information content (AvgIpc) is 3.48. The Kier molecular flexibility index (Phi) is 6.76. The lowest BCUT2D eigenvalue weighted by Gasteiger charge is -2.16. The summed E-state index contributed by atoms with van der Waals surface area (Å²) in [5, 5.41) is 0. The van der Waals surface area contributed by atoms with Crippen molar-refractivity contribution in [2.75, 3.05) is 0 Å². The number of fused-ring (bicyclic) bond motifs is 2. The van der Waals surface area contributed by atoms with Crippen LogP contribution < -0.4 is 0 Å². The van der Waals surface area contributed by atoms with E-state index in [1.807, 2.05) is 36.4 Å². The summed E-state index contributed by atoms with van der Waals surface area (Å²) in [5.74, 6) is 0.929. The number of benzene rings is 6. The highest BCUT2D eigenvalue weighted by Crippen LogP contribution is 2.36. The van der Waals surface area contributed by atoms with Crippen molar-refractivity contribution >= 4 is 22.1 Å². The number of aromatic nitrogens is 4. The van der Waals surface area contributed by atoms with Gasteiger partial charge in [0.05, 0.1) is 33.5 Å². The lowest BCUT2D eigenvalue weighted by Crippen LogP contribution is -1.99. The van der Waals surface area contributed by atoms with Crippen molar-refractivity contribution < 1.29 is 0 Å². The van der Waals surface area contributed by atoms with Gasteiger partial charge in [-0.15, -0.1) is 0 Å². The molecular formula is C42H32N4. The van der Waals surface area contributed by atoms with Gasteiger partial charge in [0.1, 0.15) is 5.82 Å². The van der Waals surface area contributed by atoms with Crippen LogP contribution in [-0.2, 0) is 0 Å². The molecule has 0 atom stereocenters. The summed E-state index contributed by atoms with van der Waals surface area (Å²) in [4.78, 5) is 15.3. The molecule has 0 aliphatic heterocycles. The van der Waals surface area contributed by atoms with Crippen LogP contribution in [0.2, 0.25) is 0 Å². The second kappa shape index (κ2) is 11.2. The monoisotopic (exact) mass is 592 g/mol. The minimum atomic E-state index is 0.893. The summed E-state index contributed by atoms with van der Waals surface area (Å²) in [6, 6.07) is 48.7. The van der Waals surface area contributed by atoms with Crippen molar-refractivity contribution in [1.82, 2.24) is 19.5 Å². The lowest BCUT2D eigenvalue weighted by molar-refractivity contribution is 1.10. The van der Waals surface area contributed by atoms with E-state index in [0.29, 0.717) is 0 Å². The predicted octanol–water partition coefficient (Wildman–Crippen LogP) is 10.6. The Morgan fingerprint density at radius 1 is 0.435 bits per heavy atom. The number of para-hydroxylation sites is 5. The number of aryl methyl sites for hydroxylation is 3. The Bertz CT molecular complexity index is 2340. The molecule has 46 heavy (non-hydrogen) atoms. The van der Waals surface area contributed by atoms with Crippen LogP contribution in [-0.4, -0.2) is 19.5 Å². The second-order valence-corrected chi connectivity index (χ2v) is 11.9. The van der Waals surface area contributed by atoms with Gasteiger partial charge in [0, 0.05) is 22.4 Å². The van der Waals surface area contributed by atoms with Gasteiger partial charge in [-0.3, -0.25) is 4.57 Å². The number of hydrogen-bond acceptors (Lipinski definition) is 3. The van der Waals surface area contributed by atoms with E-state index >= 15 is 0 Å². The minimum Gasteiger partial charge on any atom is -0.292 e. The smallest absolute Gasteiger partial charge is 0.145 e. The fraction of sp³-hybridized carbons (Fsp3) is 0.0714. The Hall–Kier alpha value is -5.87. The minimum absolute atomic E-state index is 0.893. The standard InChI is InChI=1S/C42H32N4/c1-27-25-28(2)39(29(3)26-27)41-40(43-35-13-7-8-14-36(35)44-41)32-21-17-30(18-22-32)31-19-23-33(24-20-31)42-45-37-15-9-10-16-38(37)46(42)34-11-5-4-6-12-34/h4-26H,1-3H3. The van der Waals surface area contributed by atoms with Crippen LogP contribution in [0.1, 0.15) is 16.7 Å². The first-order valence-corrected chi connectivity index (χ1v) is 15.6. The molecule has 220 valence electrons. The molecule has 0 N–H and O–H groups in total. The topological polar surface area (TPSA) is 43.6 Å². The highest BCUT2D eigenvalue weighted by molar-refractivity contribution is 5.89. The molecule has 4 nitrogen and oxygen atoms in total. The summed E-state index contributed by atoms with van der Waals surface area (Å²) in [6.45, 7) is 6.47. The van der Waals surface area contributed by atoms with Gasteiger partial charge in [-0.1, -0.05) is 109 Å². The average molecular weight is 593 g/mol. The fourth-order valence-corrected chi connectivity index (χ4v) is 6.62. The van der Waals surface area contributed by atoms with Crippen molar-refractivity contribution in [3.05, 3.63) is 156 Å². The van der Waals surface area contributed by atoms with E-state index in [2.05, 4.69) is 128 Å². The highest BCUT2D eigenvalue weighted by Gasteiger charge is 2.18. The Balaban J connectivity index is 1.17. The van der Waals surface area contributed by atoms with E-state index in [1.54, 1.807) is 0 Å². The number of rotatable bonds is 5. The molecule has 2 aromatic heterocycles. The summed E-state index contributed by atoms with van der Waals surface area (Å²) in [7, 11) is 0. The predicted molar refractivity (Wildman–Crippen MR) is 190 cm³/mol. The molecular weight excluding hydrogens is 560 g/mol. The molecule has 0 radical (unpaired) electrons. The Labute approximate surface area is 268 Å². The molecule has 0 saturated carbocycles. The number of hydrogen-bond donors (Lipinski definition) is 0. The zero-order chi connectivity index (χ0) is 31.2. The maximum absolute atomic E-state index is 5.17. The van der Waals surface area contributed by atoms with Crippen LogP contribution in [0.25, 0.3) is 72.8 Å². The molecule has 0 spiro atoms. The largest absolute Gasteiger partial charge is 0.292 e. The molecule has 0 unspecified atom stereocenters. The third-order valence-electron chi connectivity index (χ3n) is 8.69. The molecule has 0 saturated heterocycles. The van der Waals surface area contributed by atoms with E-state index in [9.17, 15) is 0 Å². The molecule has 0 amide bonds. The van der Waals surface area contributed by atoms with E-state index in [-0.39, 0.29) is 0 Å². The van der Waals surface area contributed by atoms with Gasteiger partial charge in [-0.05, 0) is 79.4 Å². The fourth-order valence-electron chi connectivity index (χ4n) is 6.62. The van der Waals surface area contributed by atoms with Gasteiger partial charge in [0.25, 0.3) is 0 Å². The number of imidazole rings is 1. The summed E-state index contributed by atoms with van der Waals surface area (Å²) in [5.41, 5.74) is 16.0. The zero-order valence-corrected chi connectivity index (χ0v) is 26.1. The van der Waals surface area contributed by atoms with Crippen molar-refractivity contribution in [3.8, 4) is 50.7 Å². The quantitative estimate of drug-likeness (QED) is 0.200. The molecule has 8 aromatic rings. The first-order valence-electron chi connectivity index (χ1n) is 15.6. The lowest BCUT2D eigenvalue weighted by atomic mass is 9.93. The molecule has 0 fully saturated rings. The van der Waals surface area contributed by atoms with E-state index in [0.717, 1.165) is 72.8 Å². The Morgan fingerprint density at radius 2 is 0.935 bits per heavy atom. The van der Waals surface area contributed by atoms with E-state index in [4.69, 9.17) is 15.0 Å². The van der Waals surface area contributed by atoms with Gasteiger partial charge in [-0.2, -0.15) is 0 Å². The third kappa shape index (κ3) is 4.85. The van der Waals surface area contributed by atoms with Gasteiger partial charge in [0.2, 0.25) is 0 Å². The molecule has 0 aliphatic rings. The van der Waals surface area contributed by atoms with Gasteiger partial charge < -0.3 is 0 Å². The molecule has 8 rings (SSSR count). The summed E-state index contributed by atoms with van der Waals surface area (Å²) < 4.78 is 2.23. The third-order valence-corrected chi connectivity index (χ3v) is 8.69. The van der Waals surface area contributed by atoms with Crippen LogP contribution in [0.5, 0.6) is 0 Å². The van der Waals surface area contributed by atoms with Crippen molar-refractivity contribution in [2.24, 2.45) is 0 Å². The SMILES string of the molecule is Cc1cc(C)c(-c2nc3ccccc3nc2-c2ccc(-c3ccc(-c4nc5ccccc5n4-c4ccccc4)cc3)cc2)c(C)c1. The first-order chi connectivity index (χ1) is 22.5. The van der Waals surface area contributed by atoms with Crippen LogP contribution >= 0.6 is 0 Å². The van der Waals surface area contributed by atoms with Crippen molar-refractivity contribution in [2.45, 2.75) is 20.8 Å². The van der Waals surface area contributed by atoms with Crippen LogP contribution in [0, 0.1) is 20.8 Å².